The standard InChI is InChI=1S/C30H33F3N6O5S/c1-16(2)25(23-10-24(43-4)37-44-23)29(42)39-13-20(40)9-22(39)27-34-11-21(36-27)28(41)38(14-30(31,32)33)12-18-5-7-19(8-6-18)26-17(3)35-15-45-26/h5-8,10-11,15-16,20,22,25,40H,9,12-14H2,1-4H3,(H,34,36)/t20-,22+,25?/m1/s1. The molecule has 0 bridgehead atoms. The molecule has 1 aromatic carbocycles. The monoisotopic (exact) mass is 646 g/mol. The van der Waals surface area contributed by atoms with Crippen LogP contribution in [0.15, 0.2) is 46.6 Å². The first-order chi connectivity index (χ1) is 21.3. The second-order valence-electron chi connectivity index (χ2n) is 11.3. The zero-order chi connectivity index (χ0) is 32.5. The van der Waals surface area contributed by atoms with Crippen LogP contribution in [0.3, 0.4) is 0 Å². The fraction of sp³-hybridized carbons (Fsp3) is 0.433. The fourth-order valence-electron chi connectivity index (χ4n) is 5.50. The number of aliphatic hydroxyl groups excluding tert-OH is 1. The van der Waals surface area contributed by atoms with Gasteiger partial charge in [0.2, 0.25) is 5.91 Å². The number of methoxy groups -OCH3 is 1. The van der Waals surface area contributed by atoms with Crippen molar-refractivity contribution in [2.75, 3.05) is 20.2 Å². The van der Waals surface area contributed by atoms with Gasteiger partial charge in [0.1, 0.15) is 24.0 Å². The Balaban J connectivity index is 1.36. The average Bonchev–Trinajstić information content (AvgIpc) is 3.79. The number of likely N-dealkylation sites (tertiary alicyclic amines) is 1. The number of H-pyrrole nitrogens is 1. The number of aromatic amines is 1. The summed E-state index contributed by atoms with van der Waals surface area (Å²) in [6.07, 6.45) is -4.18. The third-order valence-corrected chi connectivity index (χ3v) is 8.62. The molecule has 11 nitrogen and oxygen atoms in total. The second-order valence-corrected chi connectivity index (χ2v) is 12.2. The highest BCUT2D eigenvalue weighted by Gasteiger charge is 2.42. The van der Waals surface area contributed by atoms with Gasteiger partial charge in [0, 0.05) is 31.8 Å². The number of aromatic nitrogens is 4. The van der Waals surface area contributed by atoms with Gasteiger partial charge in [-0.05, 0) is 29.1 Å². The molecule has 1 unspecified atom stereocenters. The summed E-state index contributed by atoms with van der Waals surface area (Å²) in [5.41, 5.74) is 3.72. The lowest BCUT2D eigenvalue weighted by molar-refractivity contribution is -0.141. The van der Waals surface area contributed by atoms with Crippen LogP contribution in [0.2, 0.25) is 0 Å². The molecule has 3 atom stereocenters. The highest BCUT2D eigenvalue weighted by Crippen LogP contribution is 2.37. The molecule has 1 aliphatic heterocycles. The maximum absolute atomic E-state index is 13.8. The number of amides is 2. The molecule has 1 saturated heterocycles. The molecular formula is C30H33F3N6O5S. The fourth-order valence-corrected chi connectivity index (χ4v) is 6.31. The van der Waals surface area contributed by atoms with E-state index in [0.29, 0.717) is 16.2 Å². The van der Waals surface area contributed by atoms with Crippen LogP contribution < -0.4 is 4.74 Å². The lowest BCUT2D eigenvalue weighted by Crippen LogP contribution is -2.39. The highest BCUT2D eigenvalue weighted by molar-refractivity contribution is 7.13. The number of benzene rings is 1. The summed E-state index contributed by atoms with van der Waals surface area (Å²) in [5, 5.41) is 14.3. The SMILES string of the molecule is COc1cc(C(C(=O)N2C[C@H](O)C[C@H]2c2nc(C(=O)N(Cc3ccc(-c4scnc4C)cc3)CC(F)(F)F)c[nH]2)C(C)C)on1. The lowest BCUT2D eigenvalue weighted by atomic mass is 9.91. The minimum atomic E-state index is -4.65. The van der Waals surface area contributed by atoms with Gasteiger partial charge in [-0.3, -0.25) is 9.59 Å². The number of β-amino-alcohol motifs (C(OH)–C–C–N with tert-alkyl or cyclic N) is 1. The molecule has 15 heteroatoms. The van der Waals surface area contributed by atoms with Gasteiger partial charge in [0.05, 0.1) is 35.3 Å². The number of hydrogen-bond acceptors (Lipinski definition) is 9. The number of nitrogens with one attached hydrogen (secondary N) is 1. The second kappa shape index (κ2) is 13.0. The topological polar surface area (TPSA) is 138 Å². The molecule has 0 aliphatic carbocycles. The summed E-state index contributed by atoms with van der Waals surface area (Å²) < 4.78 is 51.2. The average molecular weight is 647 g/mol. The van der Waals surface area contributed by atoms with Gasteiger partial charge >= 0.3 is 6.18 Å². The Bertz CT molecular complexity index is 1630. The minimum absolute atomic E-state index is 0.000769. The Kier molecular flexibility index (Phi) is 9.30. The van der Waals surface area contributed by atoms with Crippen LogP contribution in [0.5, 0.6) is 5.88 Å². The number of halogens is 3. The lowest BCUT2D eigenvalue weighted by Gasteiger charge is -2.28. The van der Waals surface area contributed by atoms with Gasteiger partial charge in [-0.2, -0.15) is 13.2 Å². The Morgan fingerprint density at radius 1 is 1.27 bits per heavy atom. The third-order valence-electron chi connectivity index (χ3n) is 7.64. The quantitative estimate of drug-likeness (QED) is 0.242. The normalized spacial score (nSPS) is 17.6. The number of ether oxygens (including phenoxy) is 1. The zero-order valence-electron chi connectivity index (χ0n) is 25.0. The molecule has 0 spiro atoms. The summed E-state index contributed by atoms with van der Waals surface area (Å²) >= 11 is 1.46. The number of hydrogen-bond donors (Lipinski definition) is 2. The number of thiazole rings is 1. The maximum Gasteiger partial charge on any atom is 0.406 e. The number of carbonyl (C=O) groups is 2. The predicted molar refractivity (Wildman–Crippen MR) is 157 cm³/mol. The van der Waals surface area contributed by atoms with Crippen molar-refractivity contribution in [3.63, 3.8) is 0 Å². The first-order valence-electron chi connectivity index (χ1n) is 14.2. The number of aryl methyl sites for hydroxylation is 1. The molecule has 1 fully saturated rings. The molecule has 4 aromatic rings. The third kappa shape index (κ3) is 7.20. The van der Waals surface area contributed by atoms with Crippen LogP contribution in [-0.2, 0) is 11.3 Å². The molecule has 45 heavy (non-hydrogen) atoms. The van der Waals surface area contributed by atoms with E-state index in [9.17, 15) is 27.9 Å². The first-order valence-corrected chi connectivity index (χ1v) is 15.1. The highest BCUT2D eigenvalue weighted by atomic mass is 32.1. The van der Waals surface area contributed by atoms with Crippen LogP contribution in [0.25, 0.3) is 10.4 Å². The number of imidazole rings is 1. The van der Waals surface area contributed by atoms with E-state index in [-0.39, 0.29) is 48.7 Å². The number of rotatable bonds is 10. The molecule has 2 amide bonds. The van der Waals surface area contributed by atoms with Gasteiger partial charge in [-0.25, -0.2) is 9.97 Å². The van der Waals surface area contributed by atoms with E-state index in [2.05, 4.69) is 20.1 Å². The predicted octanol–water partition coefficient (Wildman–Crippen LogP) is 5.12. The van der Waals surface area contributed by atoms with Gasteiger partial charge in [-0.1, -0.05) is 38.1 Å². The van der Waals surface area contributed by atoms with Crippen LogP contribution >= 0.6 is 11.3 Å². The van der Waals surface area contributed by atoms with E-state index in [1.54, 1.807) is 29.8 Å². The maximum atomic E-state index is 13.8. The largest absolute Gasteiger partial charge is 0.479 e. The van der Waals surface area contributed by atoms with Crippen molar-refractivity contribution in [1.82, 2.24) is 29.9 Å². The van der Waals surface area contributed by atoms with E-state index in [1.165, 1.54) is 35.6 Å². The summed E-state index contributed by atoms with van der Waals surface area (Å²) in [6.45, 7) is 3.77. The Morgan fingerprint density at radius 3 is 2.60 bits per heavy atom. The Hall–Kier alpha value is -4.24. The van der Waals surface area contributed by atoms with E-state index in [1.807, 2.05) is 20.8 Å². The minimum Gasteiger partial charge on any atom is -0.479 e. The molecule has 240 valence electrons. The van der Waals surface area contributed by atoms with E-state index in [4.69, 9.17) is 9.26 Å². The van der Waals surface area contributed by atoms with Gasteiger partial charge < -0.3 is 29.2 Å². The molecular weight excluding hydrogens is 613 g/mol. The molecule has 1 aliphatic rings. The van der Waals surface area contributed by atoms with Crippen molar-refractivity contribution in [3.05, 3.63) is 70.6 Å². The van der Waals surface area contributed by atoms with Crippen molar-refractivity contribution >= 4 is 23.2 Å². The van der Waals surface area contributed by atoms with Gasteiger partial charge in [0.15, 0.2) is 5.76 Å². The number of carbonyl (C=O) groups excluding carboxylic acids is 2. The number of alkyl halides is 3. The van der Waals surface area contributed by atoms with Gasteiger partial charge in [0.25, 0.3) is 11.8 Å². The van der Waals surface area contributed by atoms with E-state index in [0.717, 1.165) is 16.1 Å². The van der Waals surface area contributed by atoms with Crippen molar-refractivity contribution in [2.45, 2.75) is 58.0 Å². The summed E-state index contributed by atoms with van der Waals surface area (Å²) in [6, 6.07) is 7.71. The molecule has 5 rings (SSSR count). The van der Waals surface area contributed by atoms with Crippen LogP contribution in [-0.4, -0.2) is 79.3 Å². The van der Waals surface area contributed by atoms with Crippen molar-refractivity contribution in [1.29, 1.82) is 0 Å². The van der Waals surface area contributed by atoms with Crippen molar-refractivity contribution in [3.8, 4) is 16.3 Å². The summed E-state index contributed by atoms with van der Waals surface area (Å²) in [4.78, 5) is 41.7. The summed E-state index contributed by atoms with van der Waals surface area (Å²) in [7, 11) is 1.42. The zero-order valence-corrected chi connectivity index (χ0v) is 25.9. The molecule has 0 saturated carbocycles. The van der Waals surface area contributed by atoms with Gasteiger partial charge in [-0.15, -0.1) is 11.3 Å². The molecule has 3 aromatic heterocycles. The Morgan fingerprint density at radius 2 is 2.00 bits per heavy atom. The number of aliphatic hydroxyl groups is 1. The van der Waals surface area contributed by atoms with Crippen molar-refractivity contribution < 1.29 is 37.1 Å². The molecule has 2 N–H and O–H groups in total. The first kappa shape index (κ1) is 32.2. The summed E-state index contributed by atoms with van der Waals surface area (Å²) in [5.74, 6) is -1.56. The number of nitrogens with zero attached hydrogens (tertiary/aromatic N) is 5. The van der Waals surface area contributed by atoms with E-state index < -0.39 is 36.7 Å². The molecule has 0 radical (unpaired) electrons. The van der Waals surface area contributed by atoms with Crippen LogP contribution in [0.1, 0.15) is 65.6 Å². The van der Waals surface area contributed by atoms with Crippen LogP contribution in [0.4, 0.5) is 13.2 Å². The molecule has 4 heterocycles. The smallest absolute Gasteiger partial charge is 0.406 e. The van der Waals surface area contributed by atoms with Crippen molar-refractivity contribution in [2.24, 2.45) is 5.92 Å². The van der Waals surface area contributed by atoms with Crippen LogP contribution in [0, 0.1) is 12.8 Å². The van der Waals surface area contributed by atoms with E-state index >= 15 is 0 Å². The Labute approximate surface area is 261 Å².